The van der Waals surface area contributed by atoms with Crippen LogP contribution in [0.3, 0.4) is 0 Å². The molecule has 0 aromatic carbocycles. The fraction of sp³-hybridized carbons (Fsp3) is 0.778. The first kappa shape index (κ1) is 15.2. The topological polar surface area (TPSA) is 87.5 Å². The molecule has 1 aliphatic heterocycles. The molecule has 1 rings (SSSR count). The lowest BCUT2D eigenvalue weighted by molar-refractivity contribution is -0.124. The van der Waals surface area contributed by atoms with E-state index in [2.05, 4.69) is 10.6 Å². The Morgan fingerprint density at radius 2 is 2.12 bits per heavy atom. The van der Waals surface area contributed by atoms with Gasteiger partial charge in [-0.2, -0.15) is 0 Å². The van der Waals surface area contributed by atoms with Crippen molar-refractivity contribution in [3.8, 4) is 0 Å². The molecule has 0 aromatic heterocycles. The molecular weight excluding hydrogens is 232 g/mol. The highest BCUT2D eigenvalue weighted by molar-refractivity contribution is 5.96. The van der Waals surface area contributed by atoms with Gasteiger partial charge in [0.25, 0.3) is 0 Å². The van der Waals surface area contributed by atoms with Crippen LogP contribution < -0.4 is 16.4 Å². The molecular formula is C9H19ClN4O2. The van der Waals surface area contributed by atoms with Crippen LogP contribution in [-0.4, -0.2) is 49.1 Å². The van der Waals surface area contributed by atoms with Gasteiger partial charge in [0.1, 0.15) is 0 Å². The van der Waals surface area contributed by atoms with Gasteiger partial charge in [0.2, 0.25) is 5.91 Å². The minimum absolute atomic E-state index is 0. The summed E-state index contributed by atoms with van der Waals surface area (Å²) in [6.45, 7) is 3.29. The Morgan fingerprint density at radius 3 is 2.56 bits per heavy atom. The van der Waals surface area contributed by atoms with Gasteiger partial charge in [-0.05, 0) is 13.3 Å². The Hall–Kier alpha value is -0.850. The molecule has 7 heteroatoms. The zero-order chi connectivity index (χ0) is 11.4. The largest absolute Gasteiger partial charge is 0.341 e. The molecule has 0 radical (unpaired) electrons. The Kier molecular flexibility index (Phi) is 6.32. The first-order valence-electron chi connectivity index (χ1n) is 5.06. The van der Waals surface area contributed by atoms with Crippen LogP contribution in [0.15, 0.2) is 0 Å². The normalized spacial score (nSPS) is 22.1. The van der Waals surface area contributed by atoms with Crippen LogP contribution in [0.2, 0.25) is 0 Å². The third-order valence-electron chi connectivity index (χ3n) is 2.65. The Balaban J connectivity index is 0.00000225. The monoisotopic (exact) mass is 250 g/mol. The van der Waals surface area contributed by atoms with E-state index in [9.17, 15) is 9.59 Å². The average Bonchev–Trinajstić information content (AvgIpc) is 2.63. The lowest BCUT2D eigenvalue weighted by atomic mass is 10.3. The fourth-order valence-electron chi connectivity index (χ4n) is 1.61. The maximum Gasteiger partial charge on any atom is 0.321 e. The molecule has 94 valence electrons. The number of amides is 3. The second kappa shape index (κ2) is 6.67. The van der Waals surface area contributed by atoms with E-state index in [-0.39, 0.29) is 30.4 Å². The van der Waals surface area contributed by atoms with E-state index in [0.717, 1.165) is 13.0 Å². The van der Waals surface area contributed by atoms with Crippen molar-refractivity contribution in [2.45, 2.75) is 25.4 Å². The van der Waals surface area contributed by atoms with Crippen molar-refractivity contribution < 1.29 is 9.59 Å². The number of nitrogens with zero attached hydrogens (tertiary/aromatic N) is 1. The zero-order valence-corrected chi connectivity index (χ0v) is 10.3. The number of carbonyl (C=O) groups excluding carboxylic acids is 2. The zero-order valence-electron chi connectivity index (χ0n) is 9.53. The molecule has 0 aromatic rings. The van der Waals surface area contributed by atoms with E-state index in [1.54, 1.807) is 6.92 Å². The van der Waals surface area contributed by atoms with Crippen LogP contribution in [0, 0.1) is 0 Å². The van der Waals surface area contributed by atoms with Crippen molar-refractivity contribution in [1.82, 2.24) is 15.5 Å². The van der Waals surface area contributed by atoms with Gasteiger partial charge in [0, 0.05) is 26.2 Å². The maximum atomic E-state index is 11.6. The van der Waals surface area contributed by atoms with Crippen LogP contribution in [0.25, 0.3) is 0 Å². The van der Waals surface area contributed by atoms with Gasteiger partial charge >= 0.3 is 6.03 Å². The fourth-order valence-corrected chi connectivity index (χ4v) is 1.61. The Morgan fingerprint density at radius 1 is 1.50 bits per heavy atom. The highest BCUT2D eigenvalue weighted by Crippen LogP contribution is 2.10. The smallest absolute Gasteiger partial charge is 0.321 e. The highest BCUT2D eigenvalue weighted by Gasteiger charge is 2.28. The van der Waals surface area contributed by atoms with Crippen molar-refractivity contribution in [2.24, 2.45) is 5.73 Å². The number of halogens is 1. The van der Waals surface area contributed by atoms with Crippen molar-refractivity contribution in [3.05, 3.63) is 0 Å². The minimum atomic E-state index is -0.477. The second-order valence-electron chi connectivity index (χ2n) is 3.79. The van der Waals surface area contributed by atoms with Crippen LogP contribution in [0.1, 0.15) is 13.3 Å². The molecule has 0 spiro atoms. The number of hydrogen-bond donors (Lipinski definition) is 3. The molecule has 16 heavy (non-hydrogen) atoms. The van der Waals surface area contributed by atoms with E-state index in [1.807, 2.05) is 4.90 Å². The quantitative estimate of drug-likeness (QED) is 0.604. The summed E-state index contributed by atoms with van der Waals surface area (Å²) in [6.07, 6.45) is 0.900. The second-order valence-corrected chi connectivity index (χ2v) is 3.79. The van der Waals surface area contributed by atoms with E-state index < -0.39 is 6.03 Å². The van der Waals surface area contributed by atoms with Crippen LogP contribution in [0.5, 0.6) is 0 Å². The predicted octanol–water partition coefficient (Wildman–Crippen LogP) is -0.715. The average molecular weight is 251 g/mol. The van der Waals surface area contributed by atoms with Gasteiger partial charge in [0.15, 0.2) is 0 Å². The van der Waals surface area contributed by atoms with Gasteiger partial charge in [-0.25, -0.2) is 4.79 Å². The number of nitrogens with two attached hydrogens (primary N) is 1. The summed E-state index contributed by atoms with van der Waals surface area (Å²) in [5, 5.41) is 4.59. The molecule has 1 unspecified atom stereocenters. The first-order valence-corrected chi connectivity index (χ1v) is 5.06. The standard InChI is InChI=1S/C9H18N4O2.ClH/c1-6(8(14)12-9(15)11-2)13-4-3-7(10)5-13;/h6-7H,3-5,10H2,1-2H3,(H2,11,12,14,15);1H/t6?,7-;/m0./s1. The molecule has 4 N–H and O–H groups in total. The van der Waals surface area contributed by atoms with Gasteiger partial charge in [0.05, 0.1) is 6.04 Å². The van der Waals surface area contributed by atoms with E-state index in [1.165, 1.54) is 7.05 Å². The van der Waals surface area contributed by atoms with Gasteiger partial charge in [-0.3, -0.25) is 15.0 Å². The SMILES string of the molecule is CNC(=O)NC(=O)C(C)N1CC[C@H](N)C1.Cl. The van der Waals surface area contributed by atoms with E-state index in [0.29, 0.717) is 6.54 Å². The molecule has 0 aliphatic carbocycles. The molecule has 6 nitrogen and oxygen atoms in total. The summed E-state index contributed by atoms with van der Waals surface area (Å²) in [5.74, 6) is -0.288. The van der Waals surface area contributed by atoms with Gasteiger partial charge in [-0.15, -0.1) is 12.4 Å². The van der Waals surface area contributed by atoms with Crippen molar-refractivity contribution in [1.29, 1.82) is 0 Å². The number of urea groups is 1. The third-order valence-corrected chi connectivity index (χ3v) is 2.65. The van der Waals surface area contributed by atoms with Crippen molar-refractivity contribution >= 4 is 24.3 Å². The molecule has 1 fully saturated rings. The van der Waals surface area contributed by atoms with Gasteiger partial charge < -0.3 is 11.1 Å². The molecule has 0 saturated carbocycles. The molecule has 1 saturated heterocycles. The number of likely N-dealkylation sites (tertiary alicyclic amines) is 1. The summed E-state index contributed by atoms with van der Waals surface area (Å²) in [4.78, 5) is 24.4. The number of rotatable bonds is 2. The van der Waals surface area contributed by atoms with E-state index in [4.69, 9.17) is 5.73 Å². The number of hydrogen-bond acceptors (Lipinski definition) is 4. The lowest BCUT2D eigenvalue weighted by Gasteiger charge is -2.22. The minimum Gasteiger partial charge on any atom is -0.341 e. The van der Waals surface area contributed by atoms with E-state index >= 15 is 0 Å². The summed E-state index contributed by atoms with van der Waals surface area (Å²) in [7, 11) is 1.47. The summed E-state index contributed by atoms with van der Waals surface area (Å²) in [5.41, 5.74) is 5.74. The molecule has 2 atom stereocenters. The third kappa shape index (κ3) is 3.96. The lowest BCUT2D eigenvalue weighted by Crippen LogP contribution is -2.48. The molecule has 3 amide bonds. The van der Waals surface area contributed by atoms with Crippen LogP contribution in [0.4, 0.5) is 4.79 Å². The number of carbonyl (C=O) groups is 2. The number of imide groups is 1. The molecule has 0 bridgehead atoms. The highest BCUT2D eigenvalue weighted by atomic mass is 35.5. The summed E-state index contributed by atoms with van der Waals surface area (Å²) >= 11 is 0. The Bertz CT molecular complexity index is 262. The van der Waals surface area contributed by atoms with Crippen molar-refractivity contribution in [3.63, 3.8) is 0 Å². The Labute approximate surface area is 101 Å². The number of nitrogens with one attached hydrogen (secondary N) is 2. The molecule has 1 heterocycles. The van der Waals surface area contributed by atoms with Crippen LogP contribution >= 0.6 is 12.4 Å². The van der Waals surface area contributed by atoms with Crippen LogP contribution in [-0.2, 0) is 4.79 Å². The molecule has 1 aliphatic rings. The predicted molar refractivity (Wildman–Crippen MR) is 63.5 cm³/mol. The summed E-state index contributed by atoms with van der Waals surface area (Å²) in [6, 6.07) is -0.647. The van der Waals surface area contributed by atoms with Gasteiger partial charge in [-0.1, -0.05) is 0 Å². The maximum absolute atomic E-state index is 11.6. The summed E-state index contributed by atoms with van der Waals surface area (Å²) < 4.78 is 0. The van der Waals surface area contributed by atoms with Crippen molar-refractivity contribution in [2.75, 3.05) is 20.1 Å². The first-order chi connectivity index (χ1) is 7.04.